The van der Waals surface area contributed by atoms with Crippen molar-refractivity contribution in [3.05, 3.63) is 0 Å². The van der Waals surface area contributed by atoms with Gasteiger partial charge in [-0.1, -0.05) is 32.1 Å². The smallest absolute Gasteiger partial charge is 0.0120 e. The van der Waals surface area contributed by atoms with E-state index < -0.39 is 0 Å². The molecule has 2 fully saturated rings. The molecular formula is C12H23N. The summed E-state index contributed by atoms with van der Waals surface area (Å²) in [6.07, 6.45) is 10.5. The molecule has 2 saturated carbocycles. The Labute approximate surface area is 82.5 Å². The van der Waals surface area contributed by atoms with Gasteiger partial charge in [-0.2, -0.15) is 0 Å². The number of rotatable bonds is 1. The molecule has 0 saturated heterocycles. The van der Waals surface area contributed by atoms with Gasteiger partial charge < -0.3 is 4.90 Å². The molecular weight excluding hydrogens is 158 g/mol. The van der Waals surface area contributed by atoms with Gasteiger partial charge >= 0.3 is 0 Å². The highest BCUT2D eigenvalue weighted by Crippen LogP contribution is 2.41. The zero-order valence-electron chi connectivity index (χ0n) is 9.13. The van der Waals surface area contributed by atoms with Crippen LogP contribution in [-0.4, -0.2) is 25.0 Å². The van der Waals surface area contributed by atoms with Gasteiger partial charge in [0.15, 0.2) is 0 Å². The average Bonchev–Trinajstić information content (AvgIpc) is 2.17. The molecule has 0 aromatic carbocycles. The van der Waals surface area contributed by atoms with E-state index in [1.54, 1.807) is 0 Å². The summed E-state index contributed by atoms with van der Waals surface area (Å²) in [5, 5.41) is 0. The van der Waals surface area contributed by atoms with Crippen molar-refractivity contribution in [3.8, 4) is 0 Å². The molecule has 0 bridgehead atoms. The summed E-state index contributed by atoms with van der Waals surface area (Å²) in [5.41, 5.74) is 0. The normalized spacial score (nSPS) is 40.4. The minimum absolute atomic E-state index is 0.902. The summed E-state index contributed by atoms with van der Waals surface area (Å²) in [5.74, 6) is 2.12. The molecule has 2 rings (SSSR count). The van der Waals surface area contributed by atoms with Crippen LogP contribution < -0.4 is 0 Å². The molecule has 2 aliphatic carbocycles. The first-order valence-corrected chi connectivity index (χ1v) is 5.95. The molecule has 0 radical (unpaired) electrons. The van der Waals surface area contributed by atoms with Crippen molar-refractivity contribution in [1.82, 2.24) is 4.90 Å². The third-order valence-electron chi connectivity index (χ3n) is 4.20. The van der Waals surface area contributed by atoms with Gasteiger partial charge in [0.2, 0.25) is 0 Å². The lowest BCUT2D eigenvalue weighted by Crippen LogP contribution is -2.43. The highest BCUT2D eigenvalue weighted by Gasteiger charge is 2.35. The summed E-state index contributed by atoms with van der Waals surface area (Å²) in [4.78, 5) is 2.47. The predicted molar refractivity (Wildman–Crippen MR) is 56.8 cm³/mol. The fourth-order valence-electron chi connectivity index (χ4n) is 3.55. The Bertz CT molecular complexity index is 163. The van der Waals surface area contributed by atoms with Crippen LogP contribution in [0.3, 0.4) is 0 Å². The van der Waals surface area contributed by atoms with Crippen LogP contribution in [-0.2, 0) is 0 Å². The topological polar surface area (TPSA) is 3.24 Å². The minimum atomic E-state index is 0.902. The van der Waals surface area contributed by atoms with Gasteiger partial charge in [0.25, 0.3) is 0 Å². The van der Waals surface area contributed by atoms with E-state index in [-0.39, 0.29) is 0 Å². The molecule has 1 heteroatoms. The van der Waals surface area contributed by atoms with E-state index in [1.165, 1.54) is 44.9 Å². The molecule has 0 aromatic heterocycles. The Morgan fingerprint density at radius 1 is 0.846 bits per heavy atom. The first kappa shape index (κ1) is 9.51. The summed E-state index contributed by atoms with van der Waals surface area (Å²) in [6, 6.07) is 0.902. The van der Waals surface area contributed by atoms with Crippen molar-refractivity contribution in [1.29, 1.82) is 0 Å². The Balaban J connectivity index is 2.02. The summed E-state index contributed by atoms with van der Waals surface area (Å²) in [7, 11) is 4.53. The van der Waals surface area contributed by atoms with E-state index in [0.717, 1.165) is 17.9 Å². The molecule has 76 valence electrons. The van der Waals surface area contributed by atoms with E-state index in [9.17, 15) is 0 Å². The first-order chi connectivity index (χ1) is 6.29. The van der Waals surface area contributed by atoms with Crippen molar-refractivity contribution in [2.24, 2.45) is 11.8 Å². The lowest BCUT2D eigenvalue weighted by Gasteiger charge is -2.44. The van der Waals surface area contributed by atoms with E-state index in [2.05, 4.69) is 19.0 Å². The summed E-state index contributed by atoms with van der Waals surface area (Å²) < 4.78 is 0. The Hall–Kier alpha value is -0.0400. The minimum Gasteiger partial charge on any atom is -0.306 e. The quantitative estimate of drug-likeness (QED) is 0.601. The fraction of sp³-hybridized carbons (Fsp3) is 1.00. The number of nitrogens with zero attached hydrogens (tertiary/aromatic N) is 1. The van der Waals surface area contributed by atoms with Crippen LogP contribution in [0.2, 0.25) is 0 Å². The second-order valence-electron chi connectivity index (χ2n) is 5.17. The fourth-order valence-corrected chi connectivity index (χ4v) is 3.55. The van der Waals surface area contributed by atoms with Crippen LogP contribution in [0.1, 0.15) is 44.9 Å². The zero-order valence-corrected chi connectivity index (χ0v) is 9.13. The van der Waals surface area contributed by atoms with Crippen LogP contribution in [0, 0.1) is 11.8 Å². The molecule has 2 aliphatic rings. The summed E-state index contributed by atoms with van der Waals surface area (Å²) >= 11 is 0. The zero-order chi connectivity index (χ0) is 9.26. The maximum Gasteiger partial charge on any atom is 0.0120 e. The first-order valence-electron chi connectivity index (χ1n) is 5.95. The van der Waals surface area contributed by atoms with Crippen molar-refractivity contribution < 1.29 is 0 Å². The lowest BCUT2D eigenvalue weighted by atomic mass is 9.68. The van der Waals surface area contributed by atoms with Gasteiger partial charge in [-0.25, -0.2) is 0 Å². The standard InChI is InChI=1S/C12H23N/c1-13(2)12-9-5-7-10-6-3-4-8-11(10)12/h10-12H,3-9H2,1-2H3/t10-,11+,12+/m1/s1. The molecule has 0 aromatic rings. The lowest BCUT2D eigenvalue weighted by molar-refractivity contribution is 0.0695. The van der Waals surface area contributed by atoms with E-state index in [0.29, 0.717) is 0 Å². The van der Waals surface area contributed by atoms with Gasteiger partial charge in [0.1, 0.15) is 0 Å². The molecule has 0 amide bonds. The largest absolute Gasteiger partial charge is 0.306 e. The molecule has 0 heterocycles. The van der Waals surface area contributed by atoms with Gasteiger partial charge in [-0.3, -0.25) is 0 Å². The molecule has 1 nitrogen and oxygen atoms in total. The Morgan fingerprint density at radius 3 is 2.31 bits per heavy atom. The molecule has 13 heavy (non-hydrogen) atoms. The van der Waals surface area contributed by atoms with E-state index >= 15 is 0 Å². The number of hydrogen-bond acceptors (Lipinski definition) is 1. The SMILES string of the molecule is CN(C)[C@H]1CCC[C@H]2CCCC[C@@H]21. The Kier molecular flexibility index (Phi) is 2.92. The number of fused-ring (bicyclic) bond motifs is 1. The monoisotopic (exact) mass is 181 g/mol. The van der Waals surface area contributed by atoms with Gasteiger partial charge in [-0.05, 0) is 38.8 Å². The Morgan fingerprint density at radius 2 is 1.54 bits per heavy atom. The molecule has 0 aliphatic heterocycles. The molecule has 0 unspecified atom stereocenters. The van der Waals surface area contributed by atoms with Gasteiger partial charge in [-0.15, -0.1) is 0 Å². The molecule has 3 atom stereocenters. The van der Waals surface area contributed by atoms with Crippen LogP contribution in [0.5, 0.6) is 0 Å². The van der Waals surface area contributed by atoms with Crippen molar-refractivity contribution >= 4 is 0 Å². The van der Waals surface area contributed by atoms with Crippen LogP contribution in [0.15, 0.2) is 0 Å². The van der Waals surface area contributed by atoms with Crippen LogP contribution in [0.25, 0.3) is 0 Å². The second kappa shape index (κ2) is 4.00. The van der Waals surface area contributed by atoms with Crippen molar-refractivity contribution in [3.63, 3.8) is 0 Å². The maximum atomic E-state index is 2.47. The van der Waals surface area contributed by atoms with Crippen LogP contribution >= 0.6 is 0 Å². The molecule has 0 spiro atoms. The van der Waals surface area contributed by atoms with Crippen molar-refractivity contribution in [2.75, 3.05) is 14.1 Å². The average molecular weight is 181 g/mol. The van der Waals surface area contributed by atoms with E-state index in [1.807, 2.05) is 0 Å². The van der Waals surface area contributed by atoms with Crippen molar-refractivity contribution in [2.45, 2.75) is 51.0 Å². The van der Waals surface area contributed by atoms with E-state index in [4.69, 9.17) is 0 Å². The third-order valence-corrected chi connectivity index (χ3v) is 4.20. The highest BCUT2D eigenvalue weighted by atomic mass is 15.1. The predicted octanol–water partition coefficient (Wildman–Crippen LogP) is 2.91. The molecule has 0 N–H and O–H groups in total. The van der Waals surface area contributed by atoms with Gasteiger partial charge in [0.05, 0.1) is 0 Å². The maximum absolute atomic E-state index is 2.47. The summed E-state index contributed by atoms with van der Waals surface area (Å²) in [6.45, 7) is 0. The second-order valence-corrected chi connectivity index (χ2v) is 5.17. The number of hydrogen-bond donors (Lipinski definition) is 0. The third kappa shape index (κ3) is 1.90. The van der Waals surface area contributed by atoms with Crippen LogP contribution in [0.4, 0.5) is 0 Å². The van der Waals surface area contributed by atoms with Gasteiger partial charge in [0, 0.05) is 6.04 Å². The highest BCUT2D eigenvalue weighted by molar-refractivity contribution is 4.88.